The first-order valence-electron chi connectivity index (χ1n) is 9.93. The van der Waals surface area contributed by atoms with Gasteiger partial charge in [-0.1, -0.05) is 52.5 Å². The Morgan fingerprint density at radius 2 is 2.07 bits per heavy atom. The van der Waals surface area contributed by atoms with Gasteiger partial charge in [-0.2, -0.15) is 4.98 Å². The summed E-state index contributed by atoms with van der Waals surface area (Å²) in [5.41, 5.74) is -0.676. The van der Waals surface area contributed by atoms with E-state index in [-0.39, 0.29) is 30.2 Å². The lowest BCUT2D eigenvalue weighted by Crippen LogP contribution is -2.28. The molecule has 0 aliphatic heterocycles. The van der Waals surface area contributed by atoms with Crippen LogP contribution in [0.1, 0.15) is 65.7 Å². The van der Waals surface area contributed by atoms with E-state index in [0.29, 0.717) is 0 Å². The summed E-state index contributed by atoms with van der Waals surface area (Å²) >= 11 is 0. The molecule has 27 heavy (non-hydrogen) atoms. The molecule has 1 amide bonds. The van der Waals surface area contributed by atoms with E-state index >= 15 is 0 Å². The van der Waals surface area contributed by atoms with Gasteiger partial charge in [-0.05, 0) is 19.3 Å². The number of halogens is 1. The van der Waals surface area contributed by atoms with Crippen LogP contribution in [0.5, 0.6) is 0 Å². The van der Waals surface area contributed by atoms with Crippen molar-refractivity contribution in [2.75, 3.05) is 11.9 Å². The molecule has 1 aromatic heterocycles. The normalized spacial score (nSPS) is 15.9. The summed E-state index contributed by atoms with van der Waals surface area (Å²) in [5, 5.41) is 11.7. The second kappa shape index (κ2) is 12.4. The monoisotopic (exact) mass is 381 g/mol. The predicted molar refractivity (Wildman–Crippen MR) is 106 cm³/mol. The number of carbonyl (C=O) groups is 1. The van der Waals surface area contributed by atoms with Crippen LogP contribution in [-0.4, -0.2) is 27.2 Å². The number of nitrogens with zero attached hydrogens (tertiary/aromatic N) is 2. The molecule has 0 saturated heterocycles. The SMILES string of the molecule is CC.CCCC(/C=C\n1cc(F)c(NC(=O)C2CCCCC2)nc1=O)CO. The molecule has 1 aliphatic rings. The van der Waals surface area contributed by atoms with Crippen molar-refractivity contribution in [1.29, 1.82) is 0 Å². The molecular weight excluding hydrogens is 349 g/mol. The number of carbonyl (C=O) groups excluding carboxylic acids is 1. The number of rotatable bonds is 7. The number of aromatic nitrogens is 2. The molecule has 0 bridgehead atoms. The van der Waals surface area contributed by atoms with Crippen LogP contribution in [0.15, 0.2) is 17.1 Å². The molecule has 1 saturated carbocycles. The third-order valence-corrected chi connectivity index (χ3v) is 4.54. The quantitative estimate of drug-likeness (QED) is 0.752. The van der Waals surface area contributed by atoms with Crippen LogP contribution >= 0.6 is 0 Å². The van der Waals surface area contributed by atoms with Crippen LogP contribution in [0.25, 0.3) is 6.20 Å². The predicted octanol–water partition coefficient (Wildman–Crippen LogP) is 3.81. The van der Waals surface area contributed by atoms with E-state index in [1.807, 2.05) is 20.8 Å². The molecule has 1 aromatic rings. The van der Waals surface area contributed by atoms with E-state index in [1.165, 1.54) is 6.20 Å². The second-order valence-corrected chi connectivity index (χ2v) is 6.52. The van der Waals surface area contributed by atoms with Crippen LogP contribution in [0.3, 0.4) is 0 Å². The van der Waals surface area contributed by atoms with Crippen molar-refractivity contribution in [3.05, 3.63) is 28.6 Å². The minimum atomic E-state index is -0.760. The number of nitrogens with one attached hydrogen (secondary N) is 1. The average molecular weight is 381 g/mol. The molecule has 0 aromatic carbocycles. The highest BCUT2D eigenvalue weighted by atomic mass is 19.1. The Balaban J connectivity index is 0.00000176. The van der Waals surface area contributed by atoms with Crippen molar-refractivity contribution in [2.24, 2.45) is 11.8 Å². The lowest BCUT2D eigenvalue weighted by molar-refractivity contribution is -0.120. The number of hydrogen-bond acceptors (Lipinski definition) is 4. The van der Waals surface area contributed by atoms with Gasteiger partial charge in [0, 0.05) is 24.6 Å². The lowest BCUT2D eigenvalue weighted by Gasteiger charge is -2.20. The van der Waals surface area contributed by atoms with Gasteiger partial charge >= 0.3 is 5.69 Å². The number of aliphatic hydroxyl groups is 1. The van der Waals surface area contributed by atoms with Crippen molar-refractivity contribution < 1.29 is 14.3 Å². The van der Waals surface area contributed by atoms with Gasteiger partial charge < -0.3 is 10.4 Å². The second-order valence-electron chi connectivity index (χ2n) is 6.52. The van der Waals surface area contributed by atoms with Gasteiger partial charge in [-0.25, -0.2) is 9.18 Å². The summed E-state index contributed by atoms with van der Waals surface area (Å²) in [6.45, 7) is 5.96. The van der Waals surface area contributed by atoms with Crippen molar-refractivity contribution in [2.45, 2.75) is 65.7 Å². The average Bonchev–Trinajstić information content (AvgIpc) is 2.70. The van der Waals surface area contributed by atoms with Crippen LogP contribution < -0.4 is 11.0 Å². The first kappa shape index (κ1) is 23.0. The lowest BCUT2D eigenvalue weighted by atomic mass is 9.89. The maximum Gasteiger partial charge on any atom is 0.353 e. The fourth-order valence-electron chi connectivity index (χ4n) is 3.06. The summed E-state index contributed by atoms with van der Waals surface area (Å²) in [6.07, 6.45) is 10.4. The van der Waals surface area contributed by atoms with E-state index in [0.717, 1.165) is 55.7 Å². The summed E-state index contributed by atoms with van der Waals surface area (Å²) < 4.78 is 15.2. The Bertz CT molecular complexity index is 667. The molecule has 1 fully saturated rings. The third-order valence-electron chi connectivity index (χ3n) is 4.54. The summed E-state index contributed by atoms with van der Waals surface area (Å²) in [6, 6.07) is 0. The summed E-state index contributed by atoms with van der Waals surface area (Å²) in [5.74, 6) is -1.59. The highest BCUT2D eigenvalue weighted by molar-refractivity contribution is 5.91. The van der Waals surface area contributed by atoms with Gasteiger partial charge in [0.1, 0.15) is 0 Å². The molecule has 1 atom stereocenters. The smallest absolute Gasteiger partial charge is 0.353 e. The Kier molecular flexibility index (Phi) is 10.6. The molecule has 6 nitrogen and oxygen atoms in total. The highest BCUT2D eigenvalue weighted by Gasteiger charge is 2.22. The Morgan fingerprint density at radius 1 is 1.41 bits per heavy atom. The van der Waals surface area contributed by atoms with Crippen molar-refractivity contribution in [1.82, 2.24) is 9.55 Å². The largest absolute Gasteiger partial charge is 0.396 e. The van der Waals surface area contributed by atoms with Gasteiger partial charge in [0.05, 0.1) is 6.20 Å². The molecule has 1 aliphatic carbocycles. The molecular formula is C20H32FN3O3. The zero-order valence-electron chi connectivity index (χ0n) is 16.6. The fourth-order valence-corrected chi connectivity index (χ4v) is 3.06. The molecule has 2 N–H and O–H groups in total. The standard InChI is InChI=1S/C18H26FN3O3.C2H6/c1-2-6-13(12-23)9-10-22-11-15(19)16(21-18(22)25)20-17(24)14-7-4-3-5-8-14;1-2/h9-11,13-14,23H,2-8,12H2,1H3,(H,20,21,24,25);1-2H3/b10-9-;. The number of aliphatic hydroxyl groups excluding tert-OH is 1. The van der Waals surface area contributed by atoms with Gasteiger partial charge in [-0.3, -0.25) is 9.36 Å². The maximum absolute atomic E-state index is 14.2. The van der Waals surface area contributed by atoms with E-state index in [2.05, 4.69) is 10.3 Å². The molecule has 1 heterocycles. The molecule has 1 unspecified atom stereocenters. The zero-order chi connectivity index (χ0) is 20.2. The van der Waals surface area contributed by atoms with Crippen LogP contribution in [0.2, 0.25) is 0 Å². The molecule has 0 spiro atoms. The zero-order valence-corrected chi connectivity index (χ0v) is 16.6. The minimum Gasteiger partial charge on any atom is -0.396 e. The summed E-state index contributed by atoms with van der Waals surface area (Å²) in [4.78, 5) is 27.8. The van der Waals surface area contributed by atoms with E-state index in [1.54, 1.807) is 6.08 Å². The number of hydrogen-bond donors (Lipinski definition) is 2. The van der Waals surface area contributed by atoms with Crippen molar-refractivity contribution >= 4 is 17.9 Å². The Morgan fingerprint density at radius 3 is 2.67 bits per heavy atom. The minimum absolute atomic E-state index is 0.0372. The number of anilines is 1. The van der Waals surface area contributed by atoms with E-state index in [4.69, 9.17) is 0 Å². The molecule has 2 rings (SSSR count). The molecule has 152 valence electrons. The van der Waals surface area contributed by atoms with Gasteiger partial charge in [0.25, 0.3) is 0 Å². The number of amides is 1. The van der Waals surface area contributed by atoms with Crippen LogP contribution in [-0.2, 0) is 4.79 Å². The first-order chi connectivity index (χ1) is 13.0. The van der Waals surface area contributed by atoms with Gasteiger partial charge in [0.15, 0.2) is 11.6 Å². The third kappa shape index (κ3) is 7.25. The summed E-state index contributed by atoms with van der Waals surface area (Å²) in [7, 11) is 0. The van der Waals surface area contributed by atoms with Crippen molar-refractivity contribution in [3.8, 4) is 0 Å². The van der Waals surface area contributed by atoms with Gasteiger partial charge in [0.2, 0.25) is 5.91 Å². The molecule has 7 heteroatoms. The van der Waals surface area contributed by atoms with E-state index < -0.39 is 11.5 Å². The Hall–Kier alpha value is -2.02. The first-order valence-corrected chi connectivity index (χ1v) is 9.93. The van der Waals surface area contributed by atoms with Crippen LogP contribution in [0.4, 0.5) is 10.2 Å². The Labute approximate surface area is 160 Å². The molecule has 0 radical (unpaired) electrons. The highest BCUT2D eigenvalue weighted by Crippen LogP contribution is 2.24. The van der Waals surface area contributed by atoms with Crippen molar-refractivity contribution in [3.63, 3.8) is 0 Å². The fraction of sp³-hybridized carbons (Fsp3) is 0.650. The maximum atomic E-state index is 14.2. The van der Waals surface area contributed by atoms with Crippen LogP contribution in [0, 0.1) is 17.7 Å². The van der Waals surface area contributed by atoms with E-state index in [9.17, 15) is 19.1 Å². The van der Waals surface area contributed by atoms with Gasteiger partial charge in [-0.15, -0.1) is 0 Å². The topological polar surface area (TPSA) is 84.2 Å².